The third-order valence-corrected chi connectivity index (χ3v) is 5.15. The Morgan fingerprint density at radius 1 is 1.35 bits per heavy atom. The lowest BCUT2D eigenvalue weighted by molar-refractivity contribution is -0.130. The van der Waals surface area contributed by atoms with Gasteiger partial charge in [0, 0.05) is 32.6 Å². The molecular formula is C14H20N2O3S. The smallest absolute Gasteiger partial charge is 0.224 e. The predicted molar refractivity (Wildman–Crippen MR) is 78.0 cm³/mol. The highest BCUT2D eigenvalue weighted by Gasteiger charge is 2.26. The van der Waals surface area contributed by atoms with E-state index in [0.29, 0.717) is 13.1 Å². The van der Waals surface area contributed by atoms with Crippen LogP contribution in [0, 0.1) is 0 Å². The normalized spacial score (nSPS) is 21.4. The van der Waals surface area contributed by atoms with Crippen molar-refractivity contribution in [3.05, 3.63) is 35.9 Å². The number of hydrogen-bond acceptors (Lipinski definition) is 4. The predicted octanol–water partition coefficient (Wildman–Crippen LogP) is 0.422. The van der Waals surface area contributed by atoms with Gasteiger partial charge in [-0.2, -0.15) is 0 Å². The van der Waals surface area contributed by atoms with E-state index in [-0.39, 0.29) is 29.9 Å². The minimum atomic E-state index is -3.00. The van der Waals surface area contributed by atoms with Crippen molar-refractivity contribution >= 4 is 15.7 Å². The van der Waals surface area contributed by atoms with E-state index < -0.39 is 9.84 Å². The summed E-state index contributed by atoms with van der Waals surface area (Å²) >= 11 is 0. The highest BCUT2D eigenvalue weighted by molar-refractivity contribution is 7.91. The Morgan fingerprint density at radius 3 is 2.70 bits per heavy atom. The molecule has 1 N–H and O–H groups in total. The van der Waals surface area contributed by atoms with Crippen LogP contribution in [0.1, 0.15) is 12.0 Å². The zero-order valence-corrected chi connectivity index (χ0v) is 12.4. The average Bonchev–Trinajstić information content (AvgIpc) is 2.38. The molecule has 0 aliphatic carbocycles. The average molecular weight is 296 g/mol. The number of sulfone groups is 1. The summed E-state index contributed by atoms with van der Waals surface area (Å²) in [7, 11) is -1.25. The van der Waals surface area contributed by atoms with Crippen molar-refractivity contribution in [1.29, 1.82) is 0 Å². The van der Waals surface area contributed by atoms with Gasteiger partial charge >= 0.3 is 0 Å². The van der Waals surface area contributed by atoms with Crippen LogP contribution in [0.3, 0.4) is 0 Å². The van der Waals surface area contributed by atoms with Crippen LogP contribution in [-0.4, -0.2) is 50.4 Å². The van der Waals surface area contributed by atoms with Gasteiger partial charge in [-0.1, -0.05) is 30.3 Å². The van der Waals surface area contributed by atoms with Gasteiger partial charge in [-0.15, -0.1) is 0 Å². The molecule has 0 aromatic heterocycles. The second-order valence-corrected chi connectivity index (χ2v) is 7.43. The molecule has 1 aliphatic rings. The molecule has 1 saturated heterocycles. The molecule has 0 saturated carbocycles. The molecular weight excluding hydrogens is 276 g/mol. The molecule has 0 radical (unpaired) electrons. The molecule has 1 fully saturated rings. The number of benzene rings is 1. The lowest BCUT2D eigenvalue weighted by atomic mass is 10.2. The minimum absolute atomic E-state index is 0.0385. The quantitative estimate of drug-likeness (QED) is 0.874. The van der Waals surface area contributed by atoms with Crippen molar-refractivity contribution < 1.29 is 13.2 Å². The maximum absolute atomic E-state index is 12.1. The van der Waals surface area contributed by atoms with Gasteiger partial charge in [-0.25, -0.2) is 8.42 Å². The molecule has 20 heavy (non-hydrogen) atoms. The van der Waals surface area contributed by atoms with Crippen molar-refractivity contribution in [3.8, 4) is 0 Å². The monoisotopic (exact) mass is 296 g/mol. The molecule has 1 aromatic carbocycles. The second-order valence-electron chi connectivity index (χ2n) is 5.20. The molecule has 5 nitrogen and oxygen atoms in total. The lowest BCUT2D eigenvalue weighted by Crippen LogP contribution is -2.47. The fourth-order valence-corrected chi connectivity index (χ4v) is 3.75. The fraction of sp³-hybridized carbons (Fsp3) is 0.500. The Kier molecular flexibility index (Phi) is 4.77. The summed E-state index contributed by atoms with van der Waals surface area (Å²) in [5, 5.41) is 3.10. The summed E-state index contributed by atoms with van der Waals surface area (Å²) in [6.07, 6.45) is 0.225. The number of hydrogen-bond donors (Lipinski definition) is 1. The first-order chi connectivity index (χ1) is 9.46. The number of carbonyl (C=O) groups excluding carboxylic acids is 1. The number of nitrogens with one attached hydrogen (secondary N) is 1. The van der Waals surface area contributed by atoms with Crippen LogP contribution in [0.25, 0.3) is 0 Å². The zero-order chi connectivity index (χ0) is 14.6. The summed E-state index contributed by atoms with van der Waals surface area (Å²) in [4.78, 5) is 13.8. The van der Waals surface area contributed by atoms with Gasteiger partial charge in [0.15, 0.2) is 9.84 Å². The van der Waals surface area contributed by atoms with Gasteiger partial charge in [0.25, 0.3) is 0 Å². The Balaban J connectivity index is 1.88. The molecule has 1 aliphatic heterocycles. The molecule has 2 rings (SSSR count). The largest absolute Gasteiger partial charge is 0.341 e. The molecule has 1 amide bonds. The van der Waals surface area contributed by atoms with Gasteiger partial charge in [-0.3, -0.25) is 4.79 Å². The third kappa shape index (κ3) is 4.31. The third-order valence-electron chi connectivity index (χ3n) is 3.41. The van der Waals surface area contributed by atoms with Crippen molar-refractivity contribution in [2.45, 2.75) is 19.0 Å². The Bertz CT molecular complexity index is 557. The molecule has 1 aromatic rings. The van der Waals surface area contributed by atoms with Gasteiger partial charge < -0.3 is 10.2 Å². The number of rotatable bonds is 4. The summed E-state index contributed by atoms with van der Waals surface area (Å²) in [5.74, 6) is 0.179. The second kappa shape index (κ2) is 6.37. The van der Waals surface area contributed by atoms with Gasteiger partial charge in [-0.05, 0) is 5.56 Å². The number of carbonyl (C=O) groups is 1. The van der Waals surface area contributed by atoms with Crippen LogP contribution >= 0.6 is 0 Å². The van der Waals surface area contributed by atoms with Crippen LogP contribution in [0.4, 0.5) is 0 Å². The maximum atomic E-state index is 12.1. The Morgan fingerprint density at radius 2 is 2.05 bits per heavy atom. The van der Waals surface area contributed by atoms with E-state index in [0.717, 1.165) is 5.56 Å². The highest BCUT2D eigenvalue weighted by atomic mass is 32.2. The molecule has 1 heterocycles. The van der Waals surface area contributed by atoms with E-state index in [9.17, 15) is 13.2 Å². The summed E-state index contributed by atoms with van der Waals surface area (Å²) in [6, 6.07) is 9.47. The molecule has 1 atom stereocenters. The van der Waals surface area contributed by atoms with Crippen LogP contribution in [0.5, 0.6) is 0 Å². The summed E-state index contributed by atoms with van der Waals surface area (Å²) < 4.78 is 23.1. The zero-order valence-electron chi connectivity index (χ0n) is 11.6. The standard InChI is InChI=1S/C14H20N2O3S/c1-16(10-12-5-3-2-4-6-12)14(17)9-13-11-20(18,19)8-7-15-13/h2-6,13,15H,7-11H2,1H3. The fourth-order valence-electron chi connectivity index (χ4n) is 2.31. The van der Waals surface area contributed by atoms with Crippen molar-refractivity contribution in [2.24, 2.45) is 0 Å². The maximum Gasteiger partial charge on any atom is 0.224 e. The topological polar surface area (TPSA) is 66.5 Å². The van der Waals surface area contributed by atoms with Crippen molar-refractivity contribution in [2.75, 3.05) is 25.1 Å². The number of nitrogens with zero attached hydrogens (tertiary/aromatic N) is 1. The lowest BCUT2D eigenvalue weighted by Gasteiger charge is -2.25. The van der Waals surface area contributed by atoms with E-state index in [1.165, 1.54) is 0 Å². The first-order valence-electron chi connectivity index (χ1n) is 6.68. The van der Waals surface area contributed by atoms with Crippen LogP contribution in [0.2, 0.25) is 0 Å². The SMILES string of the molecule is CN(Cc1ccccc1)C(=O)CC1CS(=O)(=O)CCN1. The van der Waals surface area contributed by atoms with E-state index >= 15 is 0 Å². The van der Waals surface area contributed by atoms with Crippen LogP contribution < -0.4 is 5.32 Å². The molecule has 0 spiro atoms. The van der Waals surface area contributed by atoms with E-state index in [1.54, 1.807) is 11.9 Å². The van der Waals surface area contributed by atoms with Gasteiger partial charge in [0.05, 0.1) is 11.5 Å². The number of amides is 1. The van der Waals surface area contributed by atoms with E-state index in [1.807, 2.05) is 30.3 Å². The minimum Gasteiger partial charge on any atom is -0.341 e. The van der Waals surface area contributed by atoms with E-state index in [4.69, 9.17) is 0 Å². The van der Waals surface area contributed by atoms with Crippen LogP contribution in [-0.2, 0) is 21.2 Å². The highest BCUT2D eigenvalue weighted by Crippen LogP contribution is 2.09. The molecule has 1 unspecified atom stereocenters. The van der Waals surface area contributed by atoms with Crippen LogP contribution in [0.15, 0.2) is 30.3 Å². The van der Waals surface area contributed by atoms with Gasteiger partial charge in [0.2, 0.25) is 5.91 Å². The van der Waals surface area contributed by atoms with Gasteiger partial charge in [0.1, 0.15) is 0 Å². The van der Waals surface area contributed by atoms with E-state index in [2.05, 4.69) is 5.32 Å². The van der Waals surface area contributed by atoms with Crippen molar-refractivity contribution in [1.82, 2.24) is 10.2 Å². The summed E-state index contributed by atoms with van der Waals surface area (Å²) in [5.41, 5.74) is 1.06. The Labute approximate surface area is 119 Å². The Hall–Kier alpha value is -1.40. The first kappa shape index (κ1) is 15.0. The summed E-state index contributed by atoms with van der Waals surface area (Å²) in [6.45, 7) is 0.974. The first-order valence-corrected chi connectivity index (χ1v) is 8.50. The van der Waals surface area contributed by atoms with Crippen molar-refractivity contribution in [3.63, 3.8) is 0 Å². The molecule has 6 heteroatoms. The molecule has 110 valence electrons. The molecule has 0 bridgehead atoms.